The van der Waals surface area contributed by atoms with Gasteiger partial charge < -0.3 is 15.7 Å². The fraction of sp³-hybridized carbons (Fsp3) is 0.719. The van der Waals surface area contributed by atoms with E-state index < -0.39 is 24.1 Å². The van der Waals surface area contributed by atoms with E-state index in [2.05, 4.69) is 17.6 Å². The Morgan fingerprint density at radius 2 is 1.45 bits per heavy atom. The number of aliphatic hydroxyl groups excluding tert-OH is 1. The molecule has 6 nitrogen and oxygen atoms in total. The van der Waals surface area contributed by atoms with E-state index in [0.29, 0.717) is 12.8 Å². The maximum Gasteiger partial charge on any atom is 0.242 e. The van der Waals surface area contributed by atoms with E-state index in [0.717, 1.165) is 24.8 Å². The summed E-state index contributed by atoms with van der Waals surface area (Å²) in [6.45, 7) is 10.1. The molecule has 0 radical (unpaired) electrons. The minimum atomic E-state index is -0.978. The number of hydrogen-bond acceptors (Lipinski definition) is 4. The number of rotatable bonds is 19. The van der Waals surface area contributed by atoms with Crippen molar-refractivity contribution in [2.45, 2.75) is 129 Å². The number of aliphatic hydroxyl groups is 1. The summed E-state index contributed by atoms with van der Waals surface area (Å²) in [6, 6.07) is 8.25. The molecule has 38 heavy (non-hydrogen) atoms. The molecule has 1 aliphatic carbocycles. The minimum absolute atomic E-state index is 0.0107. The van der Waals surface area contributed by atoms with Gasteiger partial charge in [-0.1, -0.05) is 116 Å². The van der Waals surface area contributed by atoms with Gasteiger partial charge in [-0.25, -0.2) is 0 Å². The van der Waals surface area contributed by atoms with Crippen LogP contribution in [0.3, 0.4) is 0 Å². The van der Waals surface area contributed by atoms with Crippen LogP contribution in [0.1, 0.15) is 117 Å². The van der Waals surface area contributed by atoms with Gasteiger partial charge in [-0.3, -0.25) is 14.4 Å². The average molecular weight is 529 g/mol. The summed E-state index contributed by atoms with van der Waals surface area (Å²) in [4.78, 5) is 38.6. The lowest BCUT2D eigenvalue weighted by atomic mass is 9.92. The summed E-state index contributed by atoms with van der Waals surface area (Å²) < 4.78 is 0. The van der Waals surface area contributed by atoms with Gasteiger partial charge in [0.25, 0.3) is 0 Å². The molecule has 0 aliphatic heterocycles. The van der Waals surface area contributed by atoms with Crippen molar-refractivity contribution in [1.82, 2.24) is 10.6 Å². The van der Waals surface area contributed by atoms with E-state index in [-0.39, 0.29) is 35.4 Å². The maximum absolute atomic E-state index is 13.3. The Hall–Kier alpha value is -2.21. The lowest BCUT2D eigenvalue weighted by molar-refractivity contribution is -0.131. The first-order valence-electron chi connectivity index (χ1n) is 15.0. The number of ketones is 1. The maximum atomic E-state index is 13.3. The van der Waals surface area contributed by atoms with Crippen LogP contribution < -0.4 is 10.6 Å². The summed E-state index contributed by atoms with van der Waals surface area (Å²) in [6.07, 6.45) is 10.6. The summed E-state index contributed by atoms with van der Waals surface area (Å²) in [7, 11) is 0. The molecule has 2 amide bonds. The first kappa shape index (κ1) is 32.0. The highest BCUT2D eigenvalue weighted by atomic mass is 16.3. The SMILES string of the molecule is CCCCCCCCCCCC(=O)N[C@@H](CC(C)C)C(=O)N[C@@H](C(C)C)[C@@H](O)C1C(=O)C1c1ccccc1. The number of hydrogen-bond donors (Lipinski definition) is 3. The largest absolute Gasteiger partial charge is 0.390 e. The molecule has 2 rings (SSSR count). The second-order valence-corrected chi connectivity index (χ2v) is 11.9. The topological polar surface area (TPSA) is 95.5 Å². The third-order valence-electron chi connectivity index (χ3n) is 7.67. The van der Waals surface area contributed by atoms with Crippen LogP contribution in [-0.2, 0) is 14.4 Å². The summed E-state index contributed by atoms with van der Waals surface area (Å²) in [5, 5.41) is 17.1. The van der Waals surface area contributed by atoms with Crippen molar-refractivity contribution in [3.63, 3.8) is 0 Å². The van der Waals surface area contributed by atoms with Crippen LogP contribution in [-0.4, -0.2) is 40.9 Å². The smallest absolute Gasteiger partial charge is 0.242 e. The molecule has 0 aromatic heterocycles. The normalized spacial score (nSPS) is 19.3. The molecule has 214 valence electrons. The standard InChI is InChI=1S/C32H52N2O4/c1-6-7-8-9-10-11-12-13-17-20-26(35)33-25(21-22(2)3)32(38)34-29(23(4)5)31(37)28-27(30(28)36)24-18-15-14-16-19-24/h14-16,18-19,22-23,25,27-29,31,37H,6-13,17,20-21H2,1-5H3,(H,33,35)(H,34,38)/t25-,27?,28?,29-,31-/m0/s1. The van der Waals surface area contributed by atoms with Gasteiger partial charge >= 0.3 is 0 Å². The van der Waals surface area contributed by atoms with Crippen molar-refractivity contribution in [3.8, 4) is 0 Å². The molecule has 1 fully saturated rings. The van der Waals surface area contributed by atoms with Crippen LogP contribution in [0.4, 0.5) is 0 Å². The zero-order chi connectivity index (χ0) is 28.1. The van der Waals surface area contributed by atoms with Gasteiger partial charge in [0.05, 0.1) is 24.0 Å². The predicted octanol–water partition coefficient (Wildman–Crippen LogP) is 5.92. The van der Waals surface area contributed by atoms with Gasteiger partial charge in [-0.15, -0.1) is 0 Å². The highest BCUT2D eigenvalue weighted by molar-refractivity contribution is 6.05. The third kappa shape index (κ3) is 10.5. The number of amides is 2. The molecule has 1 aromatic rings. The first-order valence-corrected chi connectivity index (χ1v) is 15.0. The van der Waals surface area contributed by atoms with Crippen LogP contribution in [0.25, 0.3) is 0 Å². The van der Waals surface area contributed by atoms with Crippen LogP contribution in [0, 0.1) is 17.8 Å². The summed E-state index contributed by atoms with van der Waals surface area (Å²) >= 11 is 0. The van der Waals surface area contributed by atoms with Gasteiger partial charge in [0, 0.05) is 6.42 Å². The predicted molar refractivity (Wildman–Crippen MR) is 154 cm³/mol. The van der Waals surface area contributed by atoms with Crippen LogP contribution in [0.2, 0.25) is 0 Å². The molecule has 0 saturated heterocycles. The highest BCUT2D eigenvalue weighted by Crippen LogP contribution is 2.46. The van der Waals surface area contributed by atoms with Crippen LogP contribution in [0.5, 0.6) is 0 Å². The van der Waals surface area contributed by atoms with Crippen molar-refractivity contribution in [3.05, 3.63) is 35.9 Å². The lowest BCUT2D eigenvalue weighted by Gasteiger charge is -2.30. The Balaban J connectivity index is 1.86. The van der Waals surface area contributed by atoms with Gasteiger partial charge in [-0.2, -0.15) is 0 Å². The molecule has 2 unspecified atom stereocenters. The molecular formula is C32H52N2O4. The Kier molecular flexibility index (Phi) is 14.1. The van der Waals surface area contributed by atoms with Gasteiger partial charge in [0.1, 0.15) is 11.8 Å². The Morgan fingerprint density at radius 3 is 2.00 bits per heavy atom. The molecule has 1 aliphatic rings. The second kappa shape index (κ2) is 16.7. The molecule has 0 heterocycles. The zero-order valence-corrected chi connectivity index (χ0v) is 24.4. The molecule has 3 N–H and O–H groups in total. The first-order chi connectivity index (χ1) is 18.2. The van der Waals surface area contributed by atoms with E-state index in [4.69, 9.17) is 0 Å². The van der Waals surface area contributed by atoms with E-state index in [9.17, 15) is 19.5 Å². The molecule has 0 bridgehead atoms. The van der Waals surface area contributed by atoms with Crippen molar-refractivity contribution in [2.24, 2.45) is 17.8 Å². The fourth-order valence-corrected chi connectivity index (χ4v) is 5.36. The average Bonchev–Trinajstić information content (AvgIpc) is 3.56. The Labute approximate surface area is 230 Å². The molecule has 6 heteroatoms. The number of unbranched alkanes of at least 4 members (excludes halogenated alkanes) is 8. The molecular weight excluding hydrogens is 476 g/mol. The molecule has 0 spiro atoms. The second-order valence-electron chi connectivity index (χ2n) is 11.9. The van der Waals surface area contributed by atoms with E-state index in [1.807, 2.05) is 58.0 Å². The molecule has 1 saturated carbocycles. The van der Waals surface area contributed by atoms with Gasteiger partial charge in [0.2, 0.25) is 11.8 Å². The monoisotopic (exact) mass is 528 g/mol. The zero-order valence-electron chi connectivity index (χ0n) is 24.4. The van der Waals surface area contributed by atoms with Gasteiger partial charge in [0.15, 0.2) is 0 Å². The van der Waals surface area contributed by atoms with Crippen molar-refractivity contribution >= 4 is 17.6 Å². The summed E-state index contributed by atoms with van der Waals surface area (Å²) in [5.41, 5.74) is 0.900. The van der Waals surface area contributed by atoms with Crippen molar-refractivity contribution in [1.29, 1.82) is 0 Å². The number of Topliss-reactive ketones (excluding diaryl/α,β-unsaturated/α-hetero) is 1. The lowest BCUT2D eigenvalue weighted by Crippen LogP contribution is -2.55. The quantitative estimate of drug-likeness (QED) is 0.194. The number of nitrogens with one attached hydrogen (secondary N) is 2. The molecule has 1 aromatic carbocycles. The van der Waals surface area contributed by atoms with E-state index >= 15 is 0 Å². The number of carbonyl (C=O) groups is 3. The summed E-state index contributed by atoms with van der Waals surface area (Å²) in [5.74, 6) is -1.08. The highest BCUT2D eigenvalue weighted by Gasteiger charge is 2.56. The van der Waals surface area contributed by atoms with E-state index in [1.165, 1.54) is 38.5 Å². The van der Waals surface area contributed by atoms with E-state index in [1.54, 1.807) is 0 Å². The number of carbonyl (C=O) groups excluding carboxylic acids is 3. The fourth-order valence-electron chi connectivity index (χ4n) is 5.36. The van der Waals surface area contributed by atoms with Gasteiger partial charge in [-0.05, 0) is 30.2 Å². The third-order valence-corrected chi connectivity index (χ3v) is 7.67. The van der Waals surface area contributed by atoms with Crippen molar-refractivity contribution in [2.75, 3.05) is 0 Å². The Morgan fingerprint density at radius 1 is 0.868 bits per heavy atom. The van der Waals surface area contributed by atoms with Crippen LogP contribution in [0.15, 0.2) is 30.3 Å². The molecule has 5 atom stereocenters. The minimum Gasteiger partial charge on any atom is -0.390 e. The van der Waals surface area contributed by atoms with Crippen LogP contribution >= 0.6 is 0 Å². The number of benzene rings is 1. The Bertz CT molecular complexity index is 854. The van der Waals surface area contributed by atoms with Crippen molar-refractivity contribution < 1.29 is 19.5 Å².